The lowest BCUT2D eigenvalue weighted by Crippen LogP contribution is -2.12. The van der Waals surface area contributed by atoms with Gasteiger partial charge in [0.15, 0.2) is 0 Å². The first-order valence-corrected chi connectivity index (χ1v) is 8.36. The van der Waals surface area contributed by atoms with Gasteiger partial charge < -0.3 is 9.47 Å². The summed E-state index contributed by atoms with van der Waals surface area (Å²) in [6, 6.07) is 20.6. The van der Waals surface area contributed by atoms with Gasteiger partial charge in [0.2, 0.25) is 0 Å². The number of hydrogen-bond donors (Lipinski definition) is 0. The average molecular weight is 345 g/mol. The van der Waals surface area contributed by atoms with Crippen LogP contribution in [-0.2, 0) is 4.79 Å². The summed E-state index contributed by atoms with van der Waals surface area (Å²) in [4.78, 5) is 15.9. The molecule has 0 fully saturated rings. The number of benzene rings is 2. The minimum absolute atomic E-state index is 0.193. The van der Waals surface area contributed by atoms with Gasteiger partial charge in [-0.2, -0.15) is 0 Å². The molecule has 0 amide bonds. The minimum atomic E-state index is -0.319. The predicted octanol–water partition coefficient (Wildman–Crippen LogP) is 4.63. The van der Waals surface area contributed by atoms with E-state index < -0.39 is 0 Å². The average Bonchev–Trinajstić information content (AvgIpc) is 2.69. The molecule has 0 bridgehead atoms. The number of esters is 1. The SMILES string of the molecule is O=C(CCOc1ccccc1)Oc1ccc(/C=C/c2ccncc2)cc1. The smallest absolute Gasteiger partial charge is 0.314 e. The second-order valence-corrected chi connectivity index (χ2v) is 5.57. The van der Waals surface area contributed by atoms with Crippen LogP contribution < -0.4 is 9.47 Å². The summed E-state index contributed by atoms with van der Waals surface area (Å²) in [6.45, 7) is 0.287. The third kappa shape index (κ3) is 5.60. The Morgan fingerprint density at radius 3 is 2.15 bits per heavy atom. The molecule has 4 heteroatoms. The molecule has 0 N–H and O–H groups in total. The fourth-order valence-electron chi connectivity index (χ4n) is 2.27. The monoisotopic (exact) mass is 345 g/mol. The van der Waals surface area contributed by atoms with Crippen molar-refractivity contribution in [3.63, 3.8) is 0 Å². The first-order chi connectivity index (χ1) is 12.8. The number of ether oxygens (including phenoxy) is 2. The van der Waals surface area contributed by atoms with Gasteiger partial charge in [-0.1, -0.05) is 42.5 Å². The second kappa shape index (κ2) is 9.18. The maximum Gasteiger partial charge on any atom is 0.314 e. The van der Waals surface area contributed by atoms with E-state index in [2.05, 4.69) is 4.98 Å². The molecule has 1 aromatic heterocycles. The Morgan fingerprint density at radius 1 is 0.808 bits per heavy atom. The lowest BCUT2D eigenvalue weighted by Gasteiger charge is -2.06. The Morgan fingerprint density at radius 2 is 1.46 bits per heavy atom. The zero-order valence-corrected chi connectivity index (χ0v) is 14.2. The zero-order valence-electron chi connectivity index (χ0n) is 14.2. The number of hydrogen-bond acceptors (Lipinski definition) is 4. The number of para-hydroxylation sites is 1. The standard InChI is InChI=1S/C22H19NO3/c24-22(14-17-25-20-4-2-1-3-5-20)26-21-10-8-18(9-11-21)6-7-19-12-15-23-16-13-19/h1-13,15-16H,14,17H2/b7-6+. The fraction of sp³-hybridized carbons (Fsp3) is 0.0909. The highest BCUT2D eigenvalue weighted by atomic mass is 16.5. The van der Waals surface area contributed by atoms with Crippen LogP contribution in [0.1, 0.15) is 17.5 Å². The summed E-state index contributed by atoms with van der Waals surface area (Å²) < 4.78 is 10.8. The van der Waals surface area contributed by atoms with Gasteiger partial charge in [0.25, 0.3) is 0 Å². The summed E-state index contributed by atoms with van der Waals surface area (Å²) in [7, 11) is 0. The molecule has 1 heterocycles. The Balaban J connectivity index is 1.46. The molecular weight excluding hydrogens is 326 g/mol. The Hall–Kier alpha value is -3.40. The summed E-state index contributed by atoms with van der Waals surface area (Å²) in [5.41, 5.74) is 2.10. The maximum atomic E-state index is 11.9. The topological polar surface area (TPSA) is 48.4 Å². The van der Waals surface area contributed by atoms with Gasteiger partial charge in [0, 0.05) is 12.4 Å². The molecule has 4 nitrogen and oxygen atoms in total. The van der Waals surface area contributed by atoms with Crippen LogP contribution in [0.15, 0.2) is 79.1 Å². The van der Waals surface area contributed by atoms with Crippen LogP contribution in [0.25, 0.3) is 12.2 Å². The van der Waals surface area contributed by atoms with Gasteiger partial charge in [-0.05, 0) is 47.5 Å². The van der Waals surface area contributed by atoms with Crippen molar-refractivity contribution in [2.75, 3.05) is 6.61 Å². The van der Waals surface area contributed by atoms with Gasteiger partial charge in [0.05, 0.1) is 13.0 Å². The van der Waals surface area contributed by atoms with Crippen LogP contribution in [-0.4, -0.2) is 17.6 Å². The molecule has 3 aromatic rings. The first kappa shape index (κ1) is 17.4. The fourth-order valence-corrected chi connectivity index (χ4v) is 2.27. The highest BCUT2D eigenvalue weighted by Crippen LogP contribution is 2.15. The largest absolute Gasteiger partial charge is 0.493 e. The van der Waals surface area contributed by atoms with Crippen LogP contribution in [0.3, 0.4) is 0 Å². The van der Waals surface area contributed by atoms with Crippen molar-refractivity contribution >= 4 is 18.1 Å². The van der Waals surface area contributed by atoms with Crippen LogP contribution in [0.2, 0.25) is 0 Å². The van der Waals surface area contributed by atoms with Crippen LogP contribution in [0, 0.1) is 0 Å². The van der Waals surface area contributed by atoms with E-state index in [9.17, 15) is 4.79 Å². The lowest BCUT2D eigenvalue weighted by molar-refractivity contribution is -0.134. The summed E-state index contributed by atoms with van der Waals surface area (Å²) in [6.07, 6.45) is 7.70. The normalized spacial score (nSPS) is 10.6. The van der Waals surface area contributed by atoms with Gasteiger partial charge in [-0.3, -0.25) is 9.78 Å². The molecule has 0 aliphatic carbocycles. The van der Waals surface area contributed by atoms with E-state index in [0.717, 1.165) is 16.9 Å². The molecule has 2 aromatic carbocycles. The van der Waals surface area contributed by atoms with Crippen LogP contribution >= 0.6 is 0 Å². The zero-order chi connectivity index (χ0) is 18.0. The Kier molecular flexibility index (Phi) is 6.15. The van der Waals surface area contributed by atoms with Gasteiger partial charge in [-0.25, -0.2) is 0 Å². The van der Waals surface area contributed by atoms with E-state index in [1.165, 1.54) is 0 Å². The lowest BCUT2D eigenvalue weighted by atomic mass is 10.1. The van der Waals surface area contributed by atoms with Crippen LogP contribution in [0.5, 0.6) is 11.5 Å². The maximum absolute atomic E-state index is 11.9. The molecule has 26 heavy (non-hydrogen) atoms. The third-order valence-electron chi connectivity index (χ3n) is 3.60. The second-order valence-electron chi connectivity index (χ2n) is 5.57. The molecule has 0 atom stereocenters. The van der Waals surface area contributed by atoms with Gasteiger partial charge in [0.1, 0.15) is 11.5 Å². The van der Waals surface area contributed by atoms with E-state index in [0.29, 0.717) is 5.75 Å². The van der Waals surface area contributed by atoms with Crippen molar-refractivity contribution in [1.82, 2.24) is 4.98 Å². The third-order valence-corrected chi connectivity index (χ3v) is 3.60. The van der Waals surface area contributed by atoms with E-state index in [1.54, 1.807) is 24.5 Å². The molecule has 0 unspecified atom stereocenters. The van der Waals surface area contributed by atoms with Crippen molar-refractivity contribution in [2.45, 2.75) is 6.42 Å². The van der Waals surface area contributed by atoms with E-state index in [4.69, 9.17) is 9.47 Å². The number of nitrogens with zero attached hydrogens (tertiary/aromatic N) is 1. The molecule has 0 spiro atoms. The van der Waals surface area contributed by atoms with Crippen molar-refractivity contribution in [1.29, 1.82) is 0 Å². The van der Waals surface area contributed by atoms with E-state index >= 15 is 0 Å². The summed E-state index contributed by atoms with van der Waals surface area (Å²) in [5.74, 6) is 0.947. The number of pyridine rings is 1. The van der Waals surface area contributed by atoms with Gasteiger partial charge >= 0.3 is 5.97 Å². The molecule has 0 saturated carbocycles. The first-order valence-electron chi connectivity index (χ1n) is 8.36. The van der Waals surface area contributed by atoms with Gasteiger partial charge in [-0.15, -0.1) is 0 Å². The summed E-state index contributed by atoms with van der Waals surface area (Å²) >= 11 is 0. The molecular formula is C22H19NO3. The molecule has 0 aliphatic rings. The highest BCUT2D eigenvalue weighted by Gasteiger charge is 2.05. The molecule has 3 rings (SSSR count). The Labute approximate surface area is 152 Å². The van der Waals surface area contributed by atoms with E-state index in [-0.39, 0.29) is 19.0 Å². The minimum Gasteiger partial charge on any atom is -0.493 e. The molecule has 0 radical (unpaired) electrons. The van der Waals surface area contributed by atoms with Crippen molar-refractivity contribution in [3.8, 4) is 11.5 Å². The van der Waals surface area contributed by atoms with Crippen molar-refractivity contribution < 1.29 is 14.3 Å². The molecule has 0 aliphatic heterocycles. The van der Waals surface area contributed by atoms with Crippen molar-refractivity contribution in [3.05, 3.63) is 90.3 Å². The number of rotatable bonds is 7. The van der Waals surface area contributed by atoms with E-state index in [1.807, 2.05) is 66.7 Å². The van der Waals surface area contributed by atoms with Crippen molar-refractivity contribution in [2.24, 2.45) is 0 Å². The quantitative estimate of drug-likeness (QED) is 0.463. The molecule has 130 valence electrons. The number of carbonyl (C=O) groups excluding carboxylic acids is 1. The summed E-state index contributed by atoms with van der Waals surface area (Å²) in [5, 5.41) is 0. The molecule has 0 saturated heterocycles. The number of aromatic nitrogens is 1. The number of carbonyl (C=O) groups is 1. The van der Waals surface area contributed by atoms with Crippen LogP contribution in [0.4, 0.5) is 0 Å². The highest BCUT2D eigenvalue weighted by molar-refractivity contribution is 5.73. The Bertz CT molecular complexity index is 844. The predicted molar refractivity (Wildman–Crippen MR) is 102 cm³/mol.